The molecule has 0 aliphatic carbocycles. The summed E-state index contributed by atoms with van der Waals surface area (Å²) in [6, 6.07) is 0. The Labute approximate surface area is 75.0 Å². The Kier molecular flexibility index (Phi) is 5.43. The molecule has 0 aromatic carbocycles. The molecule has 0 aliphatic heterocycles. The van der Waals surface area contributed by atoms with Gasteiger partial charge in [-0.1, -0.05) is 20.4 Å². The van der Waals surface area contributed by atoms with Crippen LogP contribution in [0.25, 0.3) is 0 Å². The van der Waals surface area contributed by atoms with E-state index in [0.717, 1.165) is 19.4 Å². The third-order valence-electron chi connectivity index (χ3n) is 1.63. The standard InChI is InChI=1S/C10H19NO/c1-8(2)6-5-7-11-10(12)9(3)4/h8H,3,5-7H2,1-2,4H3,(H,11,12). The molecule has 0 saturated carbocycles. The van der Waals surface area contributed by atoms with Crippen LogP contribution >= 0.6 is 0 Å². The van der Waals surface area contributed by atoms with Crippen LogP contribution in [0.3, 0.4) is 0 Å². The van der Waals surface area contributed by atoms with E-state index >= 15 is 0 Å². The van der Waals surface area contributed by atoms with Gasteiger partial charge in [0, 0.05) is 12.1 Å². The van der Waals surface area contributed by atoms with Crippen LogP contribution in [-0.4, -0.2) is 12.5 Å². The smallest absolute Gasteiger partial charge is 0.246 e. The lowest BCUT2D eigenvalue weighted by Crippen LogP contribution is -2.24. The summed E-state index contributed by atoms with van der Waals surface area (Å²) in [4.78, 5) is 11.0. The van der Waals surface area contributed by atoms with Crippen LogP contribution in [0, 0.1) is 5.92 Å². The van der Waals surface area contributed by atoms with E-state index in [1.165, 1.54) is 0 Å². The van der Waals surface area contributed by atoms with Crippen LogP contribution in [0.1, 0.15) is 33.6 Å². The largest absolute Gasteiger partial charge is 0.352 e. The van der Waals surface area contributed by atoms with Gasteiger partial charge in [0.25, 0.3) is 0 Å². The van der Waals surface area contributed by atoms with Crippen LogP contribution in [0.5, 0.6) is 0 Å². The van der Waals surface area contributed by atoms with Gasteiger partial charge in [-0.15, -0.1) is 0 Å². The Hall–Kier alpha value is -0.790. The summed E-state index contributed by atoms with van der Waals surface area (Å²) in [6.45, 7) is 10.4. The van der Waals surface area contributed by atoms with E-state index in [4.69, 9.17) is 0 Å². The first kappa shape index (κ1) is 11.2. The van der Waals surface area contributed by atoms with E-state index in [0.29, 0.717) is 11.5 Å². The number of hydrogen-bond acceptors (Lipinski definition) is 1. The molecule has 0 atom stereocenters. The lowest BCUT2D eigenvalue weighted by molar-refractivity contribution is -0.117. The van der Waals surface area contributed by atoms with Crippen molar-refractivity contribution >= 4 is 5.91 Å². The molecule has 2 heteroatoms. The average Bonchev–Trinajstić information content (AvgIpc) is 1.97. The minimum absolute atomic E-state index is 0.0289. The SMILES string of the molecule is C=C(C)C(=O)NCCCC(C)C. The zero-order valence-corrected chi connectivity index (χ0v) is 8.31. The molecule has 70 valence electrons. The average molecular weight is 169 g/mol. The summed E-state index contributed by atoms with van der Waals surface area (Å²) in [5.41, 5.74) is 0.583. The predicted octanol–water partition coefficient (Wildman–Crippen LogP) is 2.11. The third kappa shape index (κ3) is 5.96. The molecule has 0 unspecified atom stereocenters. The van der Waals surface area contributed by atoms with E-state index in [9.17, 15) is 4.79 Å². The van der Waals surface area contributed by atoms with Crippen LogP contribution in [0.15, 0.2) is 12.2 Å². The Morgan fingerprint density at radius 3 is 2.50 bits per heavy atom. The second kappa shape index (κ2) is 5.81. The maximum atomic E-state index is 11.0. The minimum atomic E-state index is -0.0289. The maximum Gasteiger partial charge on any atom is 0.246 e. The summed E-state index contributed by atoms with van der Waals surface area (Å²) in [5, 5.41) is 2.80. The highest BCUT2D eigenvalue weighted by Gasteiger charge is 1.99. The van der Waals surface area contributed by atoms with Gasteiger partial charge in [-0.05, 0) is 25.7 Å². The molecule has 0 saturated heterocycles. The molecule has 2 nitrogen and oxygen atoms in total. The molecule has 0 aliphatic rings. The Morgan fingerprint density at radius 1 is 1.50 bits per heavy atom. The van der Waals surface area contributed by atoms with Crippen molar-refractivity contribution in [2.75, 3.05) is 6.54 Å². The Bertz CT molecular complexity index is 161. The number of rotatable bonds is 5. The maximum absolute atomic E-state index is 11.0. The normalized spacial score (nSPS) is 10.0. The topological polar surface area (TPSA) is 29.1 Å². The summed E-state index contributed by atoms with van der Waals surface area (Å²) in [5.74, 6) is 0.686. The molecule has 1 N–H and O–H groups in total. The van der Waals surface area contributed by atoms with Crippen molar-refractivity contribution in [1.29, 1.82) is 0 Å². The lowest BCUT2D eigenvalue weighted by atomic mass is 10.1. The van der Waals surface area contributed by atoms with Crippen molar-refractivity contribution in [3.8, 4) is 0 Å². The third-order valence-corrected chi connectivity index (χ3v) is 1.63. The molecule has 0 spiro atoms. The molecular formula is C10H19NO. The van der Waals surface area contributed by atoms with Crippen molar-refractivity contribution < 1.29 is 4.79 Å². The van der Waals surface area contributed by atoms with E-state index in [2.05, 4.69) is 25.7 Å². The highest BCUT2D eigenvalue weighted by Crippen LogP contribution is 2.01. The number of hydrogen-bond donors (Lipinski definition) is 1. The summed E-state index contributed by atoms with van der Waals surface area (Å²) < 4.78 is 0. The predicted molar refractivity (Wildman–Crippen MR) is 51.9 cm³/mol. The van der Waals surface area contributed by atoms with Crippen LogP contribution in [-0.2, 0) is 4.79 Å². The van der Waals surface area contributed by atoms with Crippen molar-refractivity contribution in [2.24, 2.45) is 5.92 Å². The lowest BCUT2D eigenvalue weighted by Gasteiger charge is -2.05. The Morgan fingerprint density at radius 2 is 2.08 bits per heavy atom. The van der Waals surface area contributed by atoms with Gasteiger partial charge in [0.1, 0.15) is 0 Å². The molecule has 0 aromatic heterocycles. The fourth-order valence-corrected chi connectivity index (χ4v) is 0.863. The molecular weight excluding hydrogens is 150 g/mol. The van der Waals surface area contributed by atoms with E-state index in [1.54, 1.807) is 6.92 Å². The highest BCUT2D eigenvalue weighted by atomic mass is 16.1. The molecule has 1 amide bonds. The van der Waals surface area contributed by atoms with E-state index in [1.807, 2.05) is 0 Å². The minimum Gasteiger partial charge on any atom is -0.352 e. The van der Waals surface area contributed by atoms with Gasteiger partial charge in [-0.25, -0.2) is 0 Å². The first-order valence-corrected chi connectivity index (χ1v) is 4.47. The van der Waals surface area contributed by atoms with Gasteiger partial charge < -0.3 is 5.32 Å². The van der Waals surface area contributed by atoms with Gasteiger partial charge >= 0.3 is 0 Å². The van der Waals surface area contributed by atoms with E-state index in [-0.39, 0.29) is 5.91 Å². The highest BCUT2D eigenvalue weighted by molar-refractivity contribution is 5.91. The van der Waals surface area contributed by atoms with Gasteiger partial charge in [-0.2, -0.15) is 0 Å². The van der Waals surface area contributed by atoms with Crippen LogP contribution in [0.4, 0.5) is 0 Å². The van der Waals surface area contributed by atoms with Gasteiger partial charge in [0.05, 0.1) is 0 Å². The second-order valence-corrected chi connectivity index (χ2v) is 3.57. The van der Waals surface area contributed by atoms with Crippen LogP contribution < -0.4 is 5.32 Å². The first-order chi connectivity index (χ1) is 5.54. The number of amides is 1. The fourth-order valence-electron chi connectivity index (χ4n) is 0.863. The Balaban J connectivity index is 3.32. The van der Waals surface area contributed by atoms with Crippen molar-refractivity contribution in [1.82, 2.24) is 5.32 Å². The summed E-state index contributed by atoms with van der Waals surface area (Å²) >= 11 is 0. The monoisotopic (exact) mass is 169 g/mol. The quantitative estimate of drug-likeness (QED) is 0.495. The van der Waals surface area contributed by atoms with Crippen molar-refractivity contribution in [3.63, 3.8) is 0 Å². The van der Waals surface area contributed by atoms with E-state index < -0.39 is 0 Å². The molecule has 0 heterocycles. The summed E-state index contributed by atoms with van der Waals surface area (Å²) in [6.07, 6.45) is 2.22. The zero-order chi connectivity index (χ0) is 9.56. The molecule has 0 radical (unpaired) electrons. The summed E-state index contributed by atoms with van der Waals surface area (Å²) in [7, 11) is 0. The second-order valence-electron chi connectivity index (χ2n) is 3.57. The van der Waals surface area contributed by atoms with Gasteiger partial charge in [0.15, 0.2) is 0 Å². The molecule has 0 rings (SSSR count). The fraction of sp³-hybridized carbons (Fsp3) is 0.700. The number of nitrogens with one attached hydrogen (secondary N) is 1. The number of carbonyl (C=O) groups is 1. The van der Waals surface area contributed by atoms with Gasteiger partial charge in [0.2, 0.25) is 5.91 Å². The van der Waals surface area contributed by atoms with Crippen LogP contribution in [0.2, 0.25) is 0 Å². The van der Waals surface area contributed by atoms with Crippen molar-refractivity contribution in [2.45, 2.75) is 33.6 Å². The van der Waals surface area contributed by atoms with Gasteiger partial charge in [-0.3, -0.25) is 4.79 Å². The van der Waals surface area contributed by atoms with Crippen molar-refractivity contribution in [3.05, 3.63) is 12.2 Å². The molecule has 0 bridgehead atoms. The molecule has 0 fully saturated rings. The first-order valence-electron chi connectivity index (χ1n) is 4.47. The zero-order valence-electron chi connectivity index (χ0n) is 8.31. The molecule has 0 aromatic rings. The molecule has 12 heavy (non-hydrogen) atoms. The number of carbonyl (C=O) groups excluding carboxylic acids is 1.